The molecule has 2 aromatic carbocycles. The Morgan fingerprint density at radius 2 is 1.78 bits per heavy atom. The first-order valence-corrected chi connectivity index (χ1v) is 11.2. The number of unbranched alkanes of at least 4 members (excludes halogenated alkanes) is 1. The van der Waals surface area contributed by atoms with Crippen molar-refractivity contribution < 1.29 is 13.2 Å². The van der Waals surface area contributed by atoms with Gasteiger partial charge in [0.2, 0.25) is 15.9 Å². The molecule has 6 heteroatoms. The van der Waals surface area contributed by atoms with Crippen LogP contribution in [0.1, 0.15) is 42.9 Å². The van der Waals surface area contributed by atoms with Crippen LogP contribution in [0, 0.1) is 0 Å². The number of anilines is 1. The fourth-order valence-electron chi connectivity index (χ4n) is 3.55. The molecular weight excluding hydrogens is 360 g/mol. The Kier molecular flexibility index (Phi) is 6.16. The van der Waals surface area contributed by atoms with Crippen LogP contribution in [0.2, 0.25) is 0 Å². The largest absolute Gasteiger partial charge is 0.349 e. The average Bonchev–Trinajstić information content (AvgIpc) is 2.65. The molecule has 1 unspecified atom stereocenters. The van der Waals surface area contributed by atoms with E-state index in [-0.39, 0.29) is 11.9 Å². The van der Waals surface area contributed by atoms with Crippen molar-refractivity contribution in [3.63, 3.8) is 0 Å². The van der Waals surface area contributed by atoms with Crippen molar-refractivity contribution in [2.75, 3.05) is 17.1 Å². The monoisotopic (exact) mass is 386 g/mol. The van der Waals surface area contributed by atoms with Crippen molar-refractivity contribution in [3.05, 3.63) is 65.7 Å². The molecule has 0 aromatic heterocycles. The van der Waals surface area contributed by atoms with E-state index in [4.69, 9.17) is 0 Å². The van der Waals surface area contributed by atoms with E-state index in [9.17, 15) is 13.2 Å². The second-order valence-corrected chi connectivity index (χ2v) is 8.90. The normalized spacial score (nSPS) is 16.6. The third-order valence-corrected chi connectivity index (χ3v) is 6.08. The summed E-state index contributed by atoms with van der Waals surface area (Å²) in [7, 11) is -3.31. The molecule has 27 heavy (non-hydrogen) atoms. The Balaban J connectivity index is 1.55. The number of hydrogen-bond donors (Lipinski definition) is 1. The van der Waals surface area contributed by atoms with Crippen LogP contribution in [0.3, 0.4) is 0 Å². The standard InChI is InChI=1S/C21H26N2O3S/c1-27(25,26)23-16-15-19(18-12-6-7-13-20(18)23)22-21(24)14-8-5-11-17-9-3-2-4-10-17/h2-4,6-7,9-10,12-13,19H,5,8,11,14-16H2,1H3,(H,22,24). The summed E-state index contributed by atoms with van der Waals surface area (Å²) in [6.45, 7) is 0.384. The highest BCUT2D eigenvalue weighted by molar-refractivity contribution is 7.92. The number of carbonyl (C=O) groups is 1. The molecule has 0 radical (unpaired) electrons. The minimum atomic E-state index is -3.31. The average molecular weight is 387 g/mol. The number of rotatable bonds is 7. The SMILES string of the molecule is CS(=O)(=O)N1CCC(NC(=O)CCCCc2ccccc2)c2ccccc21. The number of aryl methyl sites for hydroxylation is 1. The first kappa shape index (κ1) is 19.4. The second-order valence-electron chi connectivity index (χ2n) is 7.00. The third kappa shape index (κ3) is 5.10. The highest BCUT2D eigenvalue weighted by atomic mass is 32.2. The van der Waals surface area contributed by atoms with Crippen LogP contribution in [0.4, 0.5) is 5.69 Å². The molecule has 3 rings (SSSR count). The van der Waals surface area contributed by atoms with Gasteiger partial charge in [-0.2, -0.15) is 0 Å². The summed E-state index contributed by atoms with van der Waals surface area (Å²) in [6.07, 6.45) is 5.07. The van der Waals surface area contributed by atoms with Crippen molar-refractivity contribution in [3.8, 4) is 0 Å². The number of nitrogens with one attached hydrogen (secondary N) is 1. The smallest absolute Gasteiger partial charge is 0.232 e. The van der Waals surface area contributed by atoms with Crippen molar-refractivity contribution in [1.82, 2.24) is 5.32 Å². The number of amides is 1. The molecule has 5 nitrogen and oxygen atoms in total. The predicted octanol–water partition coefficient (Wildman–Crippen LogP) is 3.43. The van der Waals surface area contributed by atoms with Crippen LogP contribution in [0.25, 0.3) is 0 Å². The van der Waals surface area contributed by atoms with Gasteiger partial charge in [0.1, 0.15) is 0 Å². The van der Waals surface area contributed by atoms with Crippen LogP contribution >= 0.6 is 0 Å². The number of sulfonamides is 1. The molecule has 1 N–H and O–H groups in total. The summed E-state index contributed by atoms with van der Waals surface area (Å²) in [6, 6.07) is 17.5. The van der Waals surface area contributed by atoms with Gasteiger partial charge in [-0.1, -0.05) is 48.5 Å². The van der Waals surface area contributed by atoms with E-state index in [2.05, 4.69) is 17.4 Å². The molecule has 0 saturated carbocycles. The topological polar surface area (TPSA) is 66.5 Å². The lowest BCUT2D eigenvalue weighted by atomic mass is 9.97. The summed E-state index contributed by atoms with van der Waals surface area (Å²) in [5.41, 5.74) is 2.83. The predicted molar refractivity (Wildman–Crippen MR) is 108 cm³/mol. The first-order valence-electron chi connectivity index (χ1n) is 9.35. The summed E-state index contributed by atoms with van der Waals surface area (Å²) < 4.78 is 25.4. The maximum Gasteiger partial charge on any atom is 0.232 e. The molecule has 0 aliphatic carbocycles. The van der Waals surface area contributed by atoms with Crippen LogP contribution < -0.4 is 9.62 Å². The number of hydrogen-bond acceptors (Lipinski definition) is 3. The van der Waals surface area contributed by atoms with Gasteiger partial charge >= 0.3 is 0 Å². The van der Waals surface area contributed by atoms with Crippen molar-refractivity contribution in [1.29, 1.82) is 0 Å². The molecule has 0 saturated heterocycles. The van der Waals surface area contributed by atoms with Gasteiger partial charge in [0.15, 0.2) is 0 Å². The Morgan fingerprint density at radius 3 is 2.52 bits per heavy atom. The lowest BCUT2D eigenvalue weighted by Crippen LogP contribution is -2.40. The van der Waals surface area contributed by atoms with Gasteiger partial charge in [-0.25, -0.2) is 8.42 Å². The minimum absolute atomic E-state index is 0.0238. The molecule has 1 aliphatic heterocycles. The van der Waals surface area contributed by atoms with Gasteiger partial charge in [-0.05, 0) is 42.9 Å². The molecular formula is C21H26N2O3S. The van der Waals surface area contributed by atoms with Gasteiger partial charge in [-0.3, -0.25) is 9.10 Å². The van der Waals surface area contributed by atoms with Gasteiger partial charge in [-0.15, -0.1) is 0 Å². The van der Waals surface area contributed by atoms with Gasteiger partial charge in [0, 0.05) is 13.0 Å². The number of nitrogens with zero attached hydrogens (tertiary/aromatic N) is 1. The fourth-order valence-corrected chi connectivity index (χ4v) is 4.51. The Morgan fingerprint density at radius 1 is 1.07 bits per heavy atom. The molecule has 1 heterocycles. The zero-order valence-electron chi connectivity index (χ0n) is 15.6. The lowest BCUT2D eigenvalue weighted by molar-refractivity contribution is -0.122. The Hall–Kier alpha value is -2.34. The fraction of sp³-hybridized carbons (Fsp3) is 0.381. The van der Waals surface area contributed by atoms with Crippen molar-refractivity contribution in [2.24, 2.45) is 0 Å². The van der Waals surface area contributed by atoms with E-state index in [0.717, 1.165) is 24.8 Å². The quantitative estimate of drug-likeness (QED) is 0.742. The van der Waals surface area contributed by atoms with E-state index in [1.807, 2.05) is 36.4 Å². The van der Waals surface area contributed by atoms with E-state index >= 15 is 0 Å². The van der Waals surface area contributed by atoms with Gasteiger partial charge < -0.3 is 5.32 Å². The molecule has 0 fully saturated rings. The maximum absolute atomic E-state index is 12.4. The van der Waals surface area contributed by atoms with E-state index < -0.39 is 10.0 Å². The molecule has 1 aliphatic rings. The van der Waals surface area contributed by atoms with Crippen LogP contribution in [0.15, 0.2) is 54.6 Å². The summed E-state index contributed by atoms with van der Waals surface area (Å²) in [5, 5.41) is 3.09. The highest BCUT2D eigenvalue weighted by Crippen LogP contribution is 2.35. The molecule has 2 aromatic rings. The first-order chi connectivity index (χ1) is 12.9. The third-order valence-electron chi connectivity index (χ3n) is 4.90. The van der Waals surface area contributed by atoms with Gasteiger partial charge in [0.25, 0.3) is 0 Å². The number of benzene rings is 2. The van der Waals surface area contributed by atoms with Crippen LogP contribution in [-0.4, -0.2) is 27.1 Å². The summed E-state index contributed by atoms with van der Waals surface area (Å²) >= 11 is 0. The summed E-state index contributed by atoms with van der Waals surface area (Å²) in [4.78, 5) is 12.4. The van der Waals surface area contributed by atoms with Crippen molar-refractivity contribution >= 4 is 21.6 Å². The molecule has 144 valence electrons. The van der Waals surface area contributed by atoms with Crippen molar-refractivity contribution in [2.45, 2.75) is 38.1 Å². The maximum atomic E-state index is 12.4. The summed E-state index contributed by atoms with van der Waals surface area (Å²) in [5.74, 6) is 0.0238. The number of fused-ring (bicyclic) bond motifs is 1. The minimum Gasteiger partial charge on any atom is -0.349 e. The van der Waals surface area contributed by atoms with E-state index in [1.165, 1.54) is 16.1 Å². The van der Waals surface area contributed by atoms with Crippen LogP contribution in [-0.2, 0) is 21.2 Å². The number of carbonyl (C=O) groups excluding carboxylic acids is 1. The molecule has 1 amide bonds. The number of para-hydroxylation sites is 1. The van der Waals surface area contributed by atoms with E-state index in [0.29, 0.717) is 25.1 Å². The molecule has 1 atom stereocenters. The Bertz CT molecular complexity index is 881. The zero-order valence-corrected chi connectivity index (χ0v) is 16.4. The van der Waals surface area contributed by atoms with Gasteiger partial charge in [0.05, 0.1) is 18.0 Å². The highest BCUT2D eigenvalue weighted by Gasteiger charge is 2.30. The molecule has 0 bridgehead atoms. The lowest BCUT2D eigenvalue weighted by Gasteiger charge is -2.34. The zero-order chi connectivity index (χ0) is 19.3. The van der Waals surface area contributed by atoms with Crippen LogP contribution in [0.5, 0.6) is 0 Å². The van der Waals surface area contributed by atoms with E-state index in [1.54, 1.807) is 6.07 Å². The Labute approximate surface area is 161 Å². The second kappa shape index (κ2) is 8.57. The molecule has 0 spiro atoms.